The van der Waals surface area contributed by atoms with E-state index in [1.165, 1.54) is 5.57 Å². The van der Waals surface area contributed by atoms with Crippen LogP contribution < -0.4 is 0 Å². The first kappa shape index (κ1) is 26.3. The van der Waals surface area contributed by atoms with Crippen molar-refractivity contribution in [3.05, 3.63) is 23.3 Å². The van der Waals surface area contributed by atoms with Crippen LogP contribution in [0, 0.1) is 0 Å². The van der Waals surface area contributed by atoms with E-state index in [0.717, 1.165) is 18.4 Å². The highest BCUT2D eigenvalue weighted by Gasteiger charge is 2.47. The highest BCUT2D eigenvalue weighted by molar-refractivity contribution is 5.02. The van der Waals surface area contributed by atoms with E-state index in [2.05, 4.69) is 6.08 Å². The third kappa shape index (κ3) is 7.29. The molecular weight excluding hydrogens is 412 g/mol. The van der Waals surface area contributed by atoms with E-state index in [0.29, 0.717) is 0 Å². The molecule has 2 heterocycles. The Morgan fingerprint density at radius 3 is 1.97 bits per heavy atom. The Labute approximate surface area is 182 Å². The summed E-state index contributed by atoms with van der Waals surface area (Å²) in [6.45, 7) is 5.38. The van der Waals surface area contributed by atoms with Gasteiger partial charge in [0, 0.05) is 0 Å². The average Bonchev–Trinajstić information content (AvgIpc) is 3.00. The zero-order valence-electron chi connectivity index (χ0n) is 18.2. The fourth-order valence-electron chi connectivity index (χ4n) is 3.36. The lowest BCUT2D eigenvalue weighted by atomic mass is 9.99. The first-order chi connectivity index (χ1) is 14.6. The van der Waals surface area contributed by atoms with Crippen molar-refractivity contribution in [3.63, 3.8) is 0 Å². The monoisotopic (exact) mass is 448 g/mol. The first-order valence-corrected chi connectivity index (χ1v) is 10.5. The summed E-state index contributed by atoms with van der Waals surface area (Å²) >= 11 is 0. The Hall–Kier alpha value is -0.920. The second-order valence-corrected chi connectivity index (χ2v) is 8.26. The third-order valence-corrected chi connectivity index (χ3v) is 5.38. The zero-order valence-corrected chi connectivity index (χ0v) is 18.2. The minimum absolute atomic E-state index is 0.146. The molecule has 2 aliphatic rings. The predicted molar refractivity (Wildman–Crippen MR) is 109 cm³/mol. The molecular formula is C21H36O10. The molecule has 0 aromatic carbocycles. The van der Waals surface area contributed by atoms with E-state index < -0.39 is 61.9 Å². The Bertz CT molecular complexity index is 605. The standard InChI is InChI=1S/C21H36O10/c1-11(2)5-4-6-12(3)7-8-28-20-19(27)17(25)16(24)14(31-20)10-29-21-18(26)15(23)13(9-22)30-21/h5,7,13-27H,4,6,8-10H2,1-3H3. The second-order valence-electron chi connectivity index (χ2n) is 8.26. The molecule has 0 spiro atoms. The summed E-state index contributed by atoms with van der Waals surface area (Å²) in [4.78, 5) is 0. The maximum Gasteiger partial charge on any atom is 0.187 e. The van der Waals surface area contributed by atoms with E-state index in [1.54, 1.807) is 0 Å². The third-order valence-electron chi connectivity index (χ3n) is 5.38. The summed E-state index contributed by atoms with van der Waals surface area (Å²) in [7, 11) is 0. The molecule has 31 heavy (non-hydrogen) atoms. The smallest absolute Gasteiger partial charge is 0.187 e. The van der Waals surface area contributed by atoms with E-state index in [4.69, 9.17) is 24.1 Å². The fraction of sp³-hybridized carbons (Fsp3) is 0.810. The van der Waals surface area contributed by atoms with Crippen molar-refractivity contribution in [2.24, 2.45) is 0 Å². The number of allylic oxidation sites excluding steroid dienone is 3. The lowest BCUT2D eigenvalue weighted by Crippen LogP contribution is -2.59. The largest absolute Gasteiger partial charge is 0.394 e. The summed E-state index contributed by atoms with van der Waals surface area (Å²) < 4.78 is 21.7. The molecule has 2 aliphatic heterocycles. The predicted octanol–water partition coefficient (Wildman–Crippen LogP) is -1.04. The van der Waals surface area contributed by atoms with Crippen molar-refractivity contribution in [1.82, 2.24) is 0 Å². The van der Waals surface area contributed by atoms with E-state index in [-0.39, 0.29) is 13.2 Å². The molecule has 0 amide bonds. The Kier molecular flexibility index (Phi) is 10.5. The van der Waals surface area contributed by atoms with Crippen molar-refractivity contribution in [1.29, 1.82) is 0 Å². The normalized spacial score (nSPS) is 39.0. The topological polar surface area (TPSA) is 158 Å². The van der Waals surface area contributed by atoms with Crippen LogP contribution in [-0.2, 0) is 18.9 Å². The molecule has 0 bridgehead atoms. The number of ether oxygens (including phenoxy) is 4. The fourth-order valence-corrected chi connectivity index (χ4v) is 3.36. The Morgan fingerprint density at radius 2 is 1.35 bits per heavy atom. The van der Waals surface area contributed by atoms with E-state index >= 15 is 0 Å². The molecule has 2 fully saturated rings. The second kappa shape index (κ2) is 12.4. The van der Waals surface area contributed by atoms with Gasteiger partial charge in [-0.1, -0.05) is 23.3 Å². The quantitative estimate of drug-likeness (QED) is 0.228. The molecule has 10 nitrogen and oxygen atoms in total. The van der Waals surface area contributed by atoms with Crippen molar-refractivity contribution in [2.75, 3.05) is 19.8 Å². The number of rotatable bonds is 10. The molecule has 10 heteroatoms. The maximum atomic E-state index is 10.2. The lowest BCUT2D eigenvalue weighted by Gasteiger charge is -2.40. The van der Waals surface area contributed by atoms with Gasteiger partial charge >= 0.3 is 0 Å². The van der Waals surface area contributed by atoms with Crippen LogP contribution in [0.3, 0.4) is 0 Å². The van der Waals surface area contributed by atoms with Crippen LogP contribution in [0.5, 0.6) is 0 Å². The van der Waals surface area contributed by atoms with Crippen LogP contribution in [0.1, 0.15) is 33.6 Å². The van der Waals surface area contributed by atoms with Gasteiger partial charge in [0.2, 0.25) is 0 Å². The van der Waals surface area contributed by atoms with Gasteiger partial charge in [-0.05, 0) is 33.6 Å². The minimum atomic E-state index is -1.53. The van der Waals surface area contributed by atoms with Crippen molar-refractivity contribution in [3.8, 4) is 0 Å². The van der Waals surface area contributed by atoms with Crippen LogP contribution >= 0.6 is 0 Å². The molecule has 2 saturated heterocycles. The van der Waals surface area contributed by atoms with Gasteiger partial charge in [-0.3, -0.25) is 0 Å². The van der Waals surface area contributed by atoms with Gasteiger partial charge in [-0.15, -0.1) is 0 Å². The molecule has 180 valence electrons. The average molecular weight is 449 g/mol. The Morgan fingerprint density at radius 1 is 0.774 bits per heavy atom. The lowest BCUT2D eigenvalue weighted by molar-refractivity contribution is -0.308. The van der Waals surface area contributed by atoms with Gasteiger partial charge in [0.05, 0.1) is 19.8 Å². The summed E-state index contributed by atoms with van der Waals surface area (Å²) in [6.07, 6.45) is -5.88. The SMILES string of the molecule is CC(C)=CCCC(C)=CCOC1OC(COC2OC(CO)C(O)C2O)C(O)C(O)C1O. The van der Waals surface area contributed by atoms with Crippen LogP contribution in [0.4, 0.5) is 0 Å². The van der Waals surface area contributed by atoms with Crippen LogP contribution in [-0.4, -0.2) is 106 Å². The van der Waals surface area contributed by atoms with E-state index in [9.17, 15) is 25.5 Å². The van der Waals surface area contributed by atoms with Gasteiger partial charge < -0.3 is 49.6 Å². The maximum absolute atomic E-state index is 10.2. The molecule has 2 rings (SSSR count). The van der Waals surface area contributed by atoms with Crippen LogP contribution in [0.15, 0.2) is 23.3 Å². The first-order valence-electron chi connectivity index (χ1n) is 10.5. The number of aliphatic hydroxyl groups is 6. The van der Waals surface area contributed by atoms with Crippen LogP contribution in [0.2, 0.25) is 0 Å². The van der Waals surface area contributed by atoms with Gasteiger partial charge in [0.1, 0.15) is 42.7 Å². The molecule has 9 atom stereocenters. The van der Waals surface area contributed by atoms with Gasteiger partial charge in [-0.2, -0.15) is 0 Å². The summed E-state index contributed by atoms with van der Waals surface area (Å²) in [6, 6.07) is 0. The summed E-state index contributed by atoms with van der Waals surface area (Å²) in [5, 5.41) is 59.3. The molecule has 0 aromatic heterocycles. The Balaban J connectivity index is 1.86. The van der Waals surface area contributed by atoms with Crippen molar-refractivity contribution >= 4 is 0 Å². The molecule has 0 aliphatic carbocycles. The molecule has 9 unspecified atom stereocenters. The van der Waals surface area contributed by atoms with Crippen molar-refractivity contribution < 1.29 is 49.6 Å². The number of hydrogen-bond acceptors (Lipinski definition) is 10. The van der Waals surface area contributed by atoms with Crippen molar-refractivity contribution in [2.45, 2.75) is 88.9 Å². The van der Waals surface area contributed by atoms with E-state index in [1.807, 2.05) is 26.8 Å². The molecule has 0 radical (unpaired) electrons. The number of aliphatic hydroxyl groups excluding tert-OH is 6. The van der Waals surface area contributed by atoms with Gasteiger partial charge in [0.25, 0.3) is 0 Å². The zero-order chi connectivity index (χ0) is 23.1. The van der Waals surface area contributed by atoms with Crippen LogP contribution in [0.25, 0.3) is 0 Å². The minimum Gasteiger partial charge on any atom is -0.394 e. The molecule has 0 aromatic rings. The highest BCUT2D eigenvalue weighted by atomic mass is 16.7. The van der Waals surface area contributed by atoms with Gasteiger partial charge in [0.15, 0.2) is 12.6 Å². The van der Waals surface area contributed by atoms with Gasteiger partial charge in [-0.25, -0.2) is 0 Å². The molecule has 6 N–H and O–H groups in total. The summed E-state index contributed by atoms with van der Waals surface area (Å²) in [5.41, 5.74) is 2.35. The molecule has 0 saturated carbocycles. The summed E-state index contributed by atoms with van der Waals surface area (Å²) in [5.74, 6) is 0. The highest BCUT2D eigenvalue weighted by Crippen LogP contribution is 2.26. The number of hydrogen-bond donors (Lipinski definition) is 6.